The molecule has 0 amide bonds. The Balaban J connectivity index is 1.95. The van der Waals surface area contributed by atoms with Gasteiger partial charge in [-0.3, -0.25) is 0 Å². The van der Waals surface area contributed by atoms with Crippen molar-refractivity contribution in [2.24, 2.45) is 0 Å². The van der Waals surface area contributed by atoms with Crippen LogP contribution in [-0.2, 0) is 19.1 Å². The maximum absolute atomic E-state index is 11.8. The minimum atomic E-state index is -2.41. The molecule has 2 atom stereocenters. The van der Waals surface area contributed by atoms with Crippen molar-refractivity contribution in [1.82, 2.24) is 0 Å². The lowest BCUT2D eigenvalue weighted by Crippen LogP contribution is -2.43. The summed E-state index contributed by atoms with van der Waals surface area (Å²) in [5, 5.41) is 19.5. The average molecular weight is 386 g/mol. The number of aliphatic hydroxyl groups is 2. The molecule has 146 valence electrons. The maximum Gasteiger partial charge on any atom is 0.346 e. The van der Waals surface area contributed by atoms with Gasteiger partial charge in [0.05, 0.1) is 11.1 Å². The Morgan fingerprint density at radius 1 is 0.643 bits per heavy atom. The number of aryl methyl sites for hydroxylation is 2. The van der Waals surface area contributed by atoms with E-state index >= 15 is 0 Å². The highest BCUT2D eigenvalue weighted by molar-refractivity contribution is 6.01. The summed E-state index contributed by atoms with van der Waals surface area (Å²) in [7, 11) is 0. The minimum Gasteiger partial charge on any atom is -0.387 e. The number of carbonyl (C=O) groups excluding carboxylic acids is 4. The fraction of sp³-hybridized carbons (Fsp3) is 0.200. The molecule has 2 aromatic rings. The highest BCUT2D eigenvalue weighted by Gasteiger charge is 2.35. The van der Waals surface area contributed by atoms with E-state index in [-0.39, 0.29) is 11.1 Å². The molecular formula is C20H18O8. The van der Waals surface area contributed by atoms with Crippen molar-refractivity contribution in [1.29, 1.82) is 0 Å². The smallest absolute Gasteiger partial charge is 0.346 e. The van der Waals surface area contributed by atoms with Crippen molar-refractivity contribution in [3.8, 4) is 0 Å². The summed E-state index contributed by atoms with van der Waals surface area (Å²) >= 11 is 0. The number of carbonyl (C=O) groups is 4. The van der Waals surface area contributed by atoms with E-state index in [1.165, 1.54) is 24.3 Å². The van der Waals surface area contributed by atoms with E-state index in [1.807, 2.05) is 0 Å². The molecule has 0 radical (unpaired) electrons. The predicted molar refractivity (Wildman–Crippen MR) is 95.2 cm³/mol. The molecule has 28 heavy (non-hydrogen) atoms. The van der Waals surface area contributed by atoms with Crippen LogP contribution < -0.4 is 0 Å². The van der Waals surface area contributed by atoms with Crippen LogP contribution in [-0.4, -0.2) is 46.3 Å². The molecule has 2 rings (SSSR count). The molecule has 0 aliphatic heterocycles. The molecule has 0 unspecified atom stereocenters. The van der Waals surface area contributed by atoms with Gasteiger partial charge in [0.25, 0.3) is 0 Å². The molecule has 0 saturated heterocycles. The van der Waals surface area contributed by atoms with Crippen molar-refractivity contribution in [3.05, 3.63) is 70.8 Å². The fourth-order valence-electron chi connectivity index (χ4n) is 2.06. The summed E-state index contributed by atoms with van der Waals surface area (Å²) in [6.07, 6.45) is -4.82. The molecule has 0 fully saturated rings. The molecule has 0 aromatic heterocycles. The van der Waals surface area contributed by atoms with Gasteiger partial charge in [-0.25, -0.2) is 19.2 Å². The lowest BCUT2D eigenvalue weighted by Gasteiger charge is -2.14. The molecule has 0 heterocycles. The van der Waals surface area contributed by atoms with Crippen LogP contribution in [0.4, 0.5) is 0 Å². The normalized spacial score (nSPS) is 12.6. The molecule has 2 aromatic carbocycles. The van der Waals surface area contributed by atoms with Gasteiger partial charge in [-0.05, 0) is 38.1 Å². The summed E-state index contributed by atoms with van der Waals surface area (Å²) in [5.41, 5.74) is 1.83. The Bertz CT molecular complexity index is 808. The Kier molecular flexibility index (Phi) is 6.75. The van der Waals surface area contributed by atoms with Crippen molar-refractivity contribution in [3.63, 3.8) is 0 Å². The van der Waals surface area contributed by atoms with E-state index in [1.54, 1.807) is 38.1 Å². The van der Waals surface area contributed by atoms with Gasteiger partial charge in [-0.2, -0.15) is 0 Å². The number of esters is 4. The Morgan fingerprint density at radius 3 is 1.21 bits per heavy atom. The zero-order valence-corrected chi connectivity index (χ0v) is 15.1. The Hall–Kier alpha value is -3.36. The molecule has 2 N–H and O–H groups in total. The van der Waals surface area contributed by atoms with Crippen molar-refractivity contribution in [2.45, 2.75) is 26.1 Å². The van der Waals surface area contributed by atoms with Crippen LogP contribution in [0.5, 0.6) is 0 Å². The van der Waals surface area contributed by atoms with E-state index in [0.29, 0.717) is 0 Å². The van der Waals surface area contributed by atoms with Crippen LogP contribution in [0.15, 0.2) is 48.5 Å². The number of benzene rings is 2. The van der Waals surface area contributed by atoms with Gasteiger partial charge in [-0.1, -0.05) is 35.4 Å². The van der Waals surface area contributed by atoms with Crippen LogP contribution in [0.1, 0.15) is 31.8 Å². The second-order valence-electron chi connectivity index (χ2n) is 6.04. The molecular weight excluding hydrogens is 368 g/mol. The number of hydrogen-bond donors (Lipinski definition) is 2. The Morgan fingerprint density at radius 2 is 0.929 bits per heavy atom. The van der Waals surface area contributed by atoms with Gasteiger partial charge in [0, 0.05) is 0 Å². The molecule has 0 aliphatic rings. The maximum atomic E-state index is 11.8. The standard InChI is InChI=1S/C20H18O8/c1-11-3-7-13(8-4-11)17(23)27-19(25)15(21)16(22)20(26)28-18(24)14-9-5-12(2)6-10-14/h3-10,15-16,21-22H,1-2H3/t15-,16-/m1/s1. The molecule has 0 saturated carbocycles. The van der Waals surface area contributed by atoms with Crippen molar-refractivity contribution < 1.29 is 38.9 Å². The van der Waals surface area contributed by atoms with Gasteiger partial charge in [0.1, 0.15) is 0 Å². The van der Waals surface area contributed by atoms with E-state index < -0.39 is 36.1 Å². The number of rotatable bonds is 5. The third kappa shape index (κ3) is 5.32. The highest BCUT2D eigenvalue weighted by Crippen LogP contribution is 2.09. The SMILES string of the molecule is Cc1ccc(C(=O)OC(=O)[C@H](O)[C@@H](O)C(=O)OC(=O)c2ccc(C)cc2)cc1. The number of hydrogen-bond acceptors (Lipinski definition) is 8. The lowest BCUT2D eigenvalue weighted by atomic mass is 10.1. The van der Waals surface area contributed by atoms with E-state index in [4.69, 9.17) is 0 Å². The molecule has 0 spiro atoms. The summed E-state index contributed by atoms with van der Waals surface area (Å²) in [6.45, 7) is 3.59. The van der Waals surface area contributed by atoms with Crippen LogP contribution >= 0.6 is 0 Å². The van der Waals surface area contributed by atoms with Gasteiger partial charge < -0.3 is 19.7 Å². The number of aliphatic hydroxyl groups excluding tert-OH is 2. The molecule has 0 bridgehead atoms. The first kappa shape index (κ1) is 20.9. The van der Waals surface area contributed by atoms with Gasteiger partial charge in [0.2, 0.25) is 0 Å². The topological polar surface area (TPSA) is 127 Å². The predicted octanol–water partition coefficient (Wildman–Crippen LogP) is 1.09. The summed E-state index contributed by atoms with van der Waals surface area (Å²) in [6, 6.07) is 12.1. The van der Waals surface area contributed by atoms with E-state index in [0.717, 1.165) is 11.1 Å². The van der Waals surface area contributed by atoms with Gasteiger partial charge >= 0.3 is 23.9 Å². The van der Waals surface area contributed by atoms with Crippen LogP contribution in [0.3, 0.4) is 0 Å². The lowest BCUT2D eigenvalue weighted by molar-refractivity contribution is -0.166. The van der Waals surface area contributed by atoms with Gasteiger partial charge in [-0.15, -0.1) is 0 Å². The zero-order valence-electron chi connectivity index (χ0n) is 15.1. The molecule has 8 nitrogen and oxygen atoms in total. The van der Waals surface area contributed by atoms with Crippen molar-refractivity contribution in [2.75, 3.05) is 0 Å². The Labute approximate surface area is 160 Å². The fourth-order valence-corrected chi connectivity index (χ4v) is 2.06. The third-order valence-corrected chi connectivity index (χ3v) is 3.74. The molecule has 0 aliphatic carbocycles. The van der Waals surface area contributed by atoms with Crippen molar-refractivity contribution >= 4 is 23.9 Å². The minimum absolute atomic E-state index is 0.0396. The number of ether oxygens (including phenoxy) is 2. The monoisotopic (exact) mass is 386 g/mol. The second kappa shape index (κ2) is 9.03. The van der Waals surface area contributed by atoms with Crippen LogP contribution in [0, 0.1) is 13.8 Å². The largest absolute Gasteiger partial charge is 0.387 e. The second-order valence-corrected chi connectivity index (χ2v) is 6.04. The first-order valence-corrected chi connectivity index (χ1v) is 8.20. The van der Waals surface area contributed by atoms with E-state index in [2.05, 4.69) is 9.47 Å². The van der Waals surface area contributed by atoms with Crippen LogP contribution in [0.25, 0.3) is 0 Å². The summed E-state index contributed by atoms with van der Waals surface area (Å²) in [4.78, 5) is 47.3. The van der Waals surface area contributed by atoms with Crippen LogP contribution in [0.2, 0.25) is 0 Å². The summed E-state index contributed by atoms with van der Waals surface area (Å²) in [5.74, 6) is -5.25. The quantitative estimate of drug-likeness (QED) is 0.577. The average Bonchev–Trinajstić information content (AvgIpc) is 2.67. The molecule has 8 heteroatoms. The highest BCUT2D eigenvalue weighted by atomic mass is 16.6. The zero-order chi connectivity index (χ0) is 20.8. The third-order valence-electron chi connectivity index (χ3n) is 3.74. The summed E-state index contributed by atoms with van der Waals surface area (Å²) < 4.78 is 8.86. The first-order valence-electron chi connectivity index (χ1n) is 8.20. The van der Waals surface area contributed by atoms with E-state index in [9.17, 15) is 29.4 Å². The van der Waals surface area contributed by atoms with Gasteiger partial charge in [0.15, 0.2) is 12.2 Å². The first-order chi connectivity index (χ1) is 13.2.